The number of benzene rings is 1. The number of hydrogen-bond acceptors (Lipinski definition) is 7. The fourth-order valence-electron chi connectivity index (χ4n) is 2.91. The van der Waals surface area contributed by atoms with Crippen molar-refractivity contribution in [3.63, 3.8) is 0 Å². The highest BCUT2D eigenvalue weighted by Crippen LogP contribution is 2.40. The number of ether oxygens (including phenoxy) is 2. The molecule has 25 heavy (non-hydrogen) atoms. The van der Waals surface area contributed by atoms with E-state index < -0.39 is 24.5 Å². The Morgan fingerprint density at radius 3 is 2.36 bits per heavy atom. The number of rotatable bonds is 4. The Bertz CT molecular complexity index is 817. The number of esters is 2. The number of nitrogens with one attached hydrogen (secondary N) is 1. The first-order valence-electron chi connectivity index (χ1n) is 7.47. The van der Waals surface area contributed by atoms with Crippen molar-refractivity contribution in [2.24, 2.45) is 0 Å². The maximum Gasteiger partial charge on any atom is 0.336 e. The zero-order valence-electron chi connectivity index (χ0n) is 14.1. The third-order valence-corrected chi connectivity index (χ3v) is 4.01. The second-order valence-corrected chi connectivity index (χ2v) is 5.33. The molecule has 130 valence electrons. The van der Waals surface area contributed by atoms with Gasteiger partial charge in [0.25, 0.3) is 0 Å². The molecule has 1 aliphatic heterocycles. The van der Waals surface area contributed by atoms with Crippen molar-refractivity contribution < 1.29 is 24.2 Å². The Kier molecular flexibility index (Phi) is 5.57. The van der Waals surface area contributed by atoms with E-state index in [2.05, 4.69) is 11.4 Å². The van der Waals surface area contributed by atoms with Crippen LogP contribution in [0.15, 0.2) is 46.8 Å². The lowest BCUT2D eigenvalue weighted by Gasteiger charge is -2.31. The van der Waals surface area contributed by atoms with Gasteiger partial charge in [-0.2, -0.15) is 5.26 Å². The predicted molar refractivity (Wildman–Crippen MR) is 87.9 cm³/mol. The molecule has 0 saturated carbocycles. The monoisotopic (exact) mass is 342 g/mol. The van der Waals surface area contributed by atoms with Crippen LogP contribution < -0.4 is 5.32 Å². The summed E-state index contributed by atoms with van der Waals surface area (Å²) in [6.07, 6.45) is 0. The van der Waals surface area contributed by atoms with Crippen LogP contribution >= 0.6 is 0 Å². The Labute approximate surface area is 145 Å². The molecule has 0 aliphatic carbocycles. The van der Waals surface area contributed by atoms with Crippen molar-refractivity contribution in [3.05, 3.63) is 57.9 Å². The molecule has 1 aromatic rings. The number of aliphatic hydroxyl groups excluding tert-OH is 1. The average molecular weight is 342 g/mol. The van der Waals surface area contributed by atoms with Gasteiger partial charge in [-0.05, 0) is 18.6 Å². The van der Waals surface area contributed by atoms with E-state index in [-0.39, 0.29) is 16.8 Å². The first-order valence-corrected chi connectivity index (χ1v) is 7.47. The number of methoxy groups -OCH3 is 2. The van der Waals surface area contributed by atoms with Crippen molar-refractivity contribution >= 4 is 11.9 Å². The molecule has 1 heterocycles. The Balaban J connectivity index is 2.81. The topological polar surface area (TPSA) is 109 Å². The van der Waals surface area contributed by atoms with E-state index >= 15 is 0 Å². The van der Waals surface area contributed by atoms with Crippen LogP contribution in [0.25, 0.3) is 0 Å². The maximum absolute atomic E-state index is 12.4. The summed E-state index contributed by atoms with van der Waals surface area (Å²) < 4.78 is 9.70. The van der Waals surface area contributed by atoms with Gasteiger partial charge in [-0.3, -0.25) is 0 Å². The van der Waals surface area contributed by atoms with Gasteiger partial charge < -0.3 is 19.9 Å². The molecule has 7 heteroatoms. The van der Waals surface area contributed by atoms with E-state index in [9.17, 15) is 20.0 Å². The molecule has 0 amide bonds. The Morgan fingerprint density at radius 1 is 1.20 bits per heavy atom. The third kappa shape index (κ3) is 3.25. The van der Waals surface area contributed by atoms with Crippen molar-refractivity contribution in [2.45, 2.75) is 12.8 Å². The van der Waals surface area contributed by atoms with Crippen LogP contribution in [0.2, 0.25) is 0 Å². The Hall–Kier alpha value is -3.11. The number of carbonyl (C=O) groups excluding carboxylic acids is 2. The summed E-state index contributed by atoms with van der Waals surface area (Å²) in [6.45, 7) is 1.18. The van der Waals surface area contributed by atoms with E-state index in [1.165, 1.54) is 14.2 Å². The SMILES string of the molecule is COC(=O)C1=C(C)NC(CO)=C(C(=O)OC)C1c1ccccc1C#N. The molecule has 0 aromatic heterocycles. The van der Waals surface area contributed by atoms with Gasteiger partial charge >= 0.3 is 11.9 Å². The fourth-order valence-corrected chi connectivity index (χ4v) is 2.91. The second-order valence-electron chi connectivity index (χ2n) is 5.33. The number of allylic oxidation sites excluding steroid dienone is 1. The lowest BCUT2D eigenvalue weighted by Crippen LogP contribution is -2.34. The van der Waals surface area contributed by atoms with Crippen molar-refractivity contribution in [2.75, 3.05) is 20.8 Å². The van der Waals surface area contributed by atoms with E-state index in [1.807, 2.05) is 0 Å². The van der Waals surface area contributed by atoms with Gasteiger partial charge in [0, 0.05) is 5.70 Å². The van der Waals surface area contributed by atoms with Gasteiger partial charge in [-0.25, -0.2) is 9.59 Å². The maximum atomic E-state index is 12.4. The molecule has 0 fully saturated rings. The van der Waals surface area contributed by atoms with Crippen LogP contribution in [0, 0.1) is 11.3 Å². The van der Waals surface area contributed by atoms with Crippen LogP contribution in [0.4, 0.5) is 0 Å². The molecule has 0 spiro atoms. The van der Waals surface area contributed by atoms with Crippen LogP contribution in [0.3, 0.4) is 0 Å². The summed E-state index contributed by atoms with van der Waals surface area (Å²) in [4.78, 5) is 24.8. The van der Waals surface area contributed by atoms with Crippen molar-refractivity contribution in [1.29, 1.82) is 5.26 Å². The average Bonchev–Trinajstić information content (AvgIpc) is 2.65. The number of dihydropyridines is 1. The van der Waals surface area contributed by atoms with Gasteiger partial charge in [0.1, 0.15) is 0 Å². The number of aliphatic hydroxyl groups is 1. The number of hydrogen-bond donors (Lipinski definition) is 2. The summed E-state index contributed by atoms with van der Waals surface area (Å²) in [5.41, 5.74) is 1.66. The zero-order chi connectivity index (χ0) is 18.6. The molecule has 0 radical (unpaired) electrons. The van der Waals surface area contributed by atoms with Gasteiger partial charge in [-0.1, -0.05) is 18.2 Å². The largest absolute Gasteiger partial charge is 0.466 e. The van der Waals surface area contributed by atoms with Gasteiger partial charge in [0.15, 0.2) is 0 Å². The molecule has 7 nitrogen and oxygen atoms in total. The van der Waals surface area contributed by atoms with E-state index in [0.29, 0.717) is 16.8 Å². The molecular formula is C18H18N2O5. The minimum absolute atomic E-state index is 0.0682. The molecule has 1 aliphatic rings. The first kappa shape index (κ1) is 18.2. The van der Waals surface area contributed by atoms with Gasteiger partial charge in [0.2, 0.25) is 0 Å². The number of nitrogens with zero attached hydrogens (tertiary/aromatic N) is 1. The van der Waals surface area contributed by atoms with Crippen LogP contribution in [-0.4, -0.2) is 37.9 Å². The quantitative estimate of drug-likeness (QED) is 0.789. The smallest absolute Gasteiger partial charge is 0.336 e. The summed E-state index contributed by atoms with van der Waals surface area (Å²) in [6, 6.07) is 8.70. The molecule has 1 atom stereocenters. The summed E-state index contributed by atoms with van der Waals surface area (Å²) in [5.74, 6) is -2.23. The van der Waals surface area contributed by atoms with Gasteiger partial charge in [-0.15, -0.1) is 0 Å². The van der Waals surface area contributed by atoms with Crippen LogP contribution in [0.1, 0.15) is 24.0 Å². The van der Waals surface area contributed by atoms with Crippen molar-refractivity contribution in [1.82, 2.24) is 5.32 Å². The fraction of sp³-hybridized carbons (Fsp3) is 0.278. The normalized spacial score (nSPS) is 16.8. The third-order valence-electron chi connectivity index (χ3n) is 4.01. The molecular weight excluding hydrogens is 324 g/mol. The minimum Gasteiger partial charge on any atom is -0.466 e. The molecule has 1 unspecified atom stereocenters. The van der Waals surface area contributed by atoms with Crippen molar-refractivity contribution in [3.8, 4) is 6.07 Å². The Morgan fingerprint density at radius 2 is 1.80 bits per heavy atom. The zero-order valence-corrected chi connectivity index (χ0v) is 14.1. The molecule has 0 bridgehead atoms. The minimum atomic E-state index is -0.890. The number of carbonyl (C=O) groups is 2. The van der Waals surface area contributed by atoms with Crippen LogP contribution in [0.5, 0.6) is 0 Å². The van der Waals surface area contributed by atoms with Gasteiger partial charge in [0.05, 0.1) is 55.2 Å². The van der Waals surface area contributed by atoms with E-state index in [4.69, 9.17) is 9.47 Å². The van der Waals surface area contributed by atoms with E-state index in [1.54, 1.807) is 31.2 Å². The number of nitriles is 1. The molecule has 2 N–H and O–H groups in total. The summed E-state index contributed by atoms with van der Waals surface area (Å²) in [7, 11) is 2.44. The molecule has 2 rings (SSSR count). The lowest BCUT2D eigenvalue weighted by molar-refractivity contribution is -0.137. The highest BCUT2D eigenvalue weighted by atomic mass is 16.5. The molecule has 1 aromatic carbocycles. The highest BCUT2D eigenvalue weighted by Gasteiger charge is 2.39. The predicted octanol–water partition coefficient (Wildman–Crippen LogP) is 1.11. The summed E-state index contributed by atoms with van der Waals surface area (Å²) in [5, 5.41) is 21.9. The highest BCUT2D eigenvalue weighted by molar-refractivity contribution is 6.00. The second kappa shape index (κ2) is 7.64. The van der Waals surface area contributed by atoms with Crippen LogP contribution in [-0.2, 0) is 19.1 Å². The lowest BCUT2D eigenvalue weighted by atomic mass is 9.78. The summed E-state index contributed by atoms with van der Waals surface area (Å²) >= 11 is 0. The standard InChI is InChI=1S/C18H18N2O5/c1-10-14(17(22)24-2)15(12-7-5-4-6-11(12)8-19)16(18(23)25-3)13(9-21)20-10/h4-7,15,20-21H,9H2,1-3H3. The first-order chi connectivity index (χ1) is 12.0. The molecule has 0 saturated heterocycles. The van der Waals surface area contributed by atoms with E-state index in [0.717, 1.165) is 0 Å².